The maximum Gasteiger partial charge on any atom is 0.207 e. The van der Waals surface area contributed by atoms with Crippen LogP contribution in [0.3, 0.4) is 0 Å². The van der Waals surface area contributed by atoms with Crippen LogP contribution in [0.25, 0.3) is 0 Å². The highest BCUT2D eigenvalue weighted by Gasteiger charge is 2.03. The molecule has 3 N–H and O–H groups in total. The van der Waals surface area contributed by atoms with E-state index in [-0.39, 0.29) is 0 Å². The molecule has 0 saturated heterocycles. The molecule has 5 heteroatoms. The molecule has 1 aromatic heterocycles. The zero-order valence-corrected chi connectivity index (χ0v) is 9.92. The summed E-state index contributed by atoms with van der Waals surface area (Å²) in [5.41, 5.74) is 7.38. The van der Waals surface area contributed by atoms with E-state index in [2.05, 4.69) is 21.6 Å². The summed E-state index contributed by atoms with van der Waals surface area (Å²) in [5, 5.41) is 4.00. The summed E-state index contributed by atoms with van der Waals surface area (Å²) in [6, 6.07) is 7.59. The first kappa shape index (κ1) is 10.9. The lowest BCUT2D eigenvalue weighted by atomic mass is 10.3. The first-order chi connectivity index (χ1) is 7.78. The summed E-state index contributed by atoms with van der Waals surface area (Å²) in [7, 11) is 0. The fraction of sp³-hybridized carbons (Fsp3) is 0.273. The molecule has 0 unspecified atom stereocenters. The highest BCUT2D eigenvalue weighted by atomic mass is 32.1. The van der Waals surface area contributed by atoms with Crippen LogP contribution in [0, 0.1) is 0 Å². The first-order valence-corrected chi connectivity index (χ1v) is 6.00. The minimum Gasteiger partial charge on any atom is -0.399 e. The third-order valence-electron chi connectivity index (χ3n) is 2.08. The van der Waals surface area contributed by atoms with E-state index in [9.17, 15) is 0 Å². The van der Waals surface area contributed by atoms with E-state index in [4.69, 9.17) is 5.73 Å². The van der Waals surface area contributed by atoms with E-state index in [1.807, 2.05) is 24.3 Å². The number of anilines is 3. The van der Waals surface area contributed by atoms with E-state index in [0.717, 1.165) is 35.2 Å². The fourth-order valence-electron chi connectivity index (χ4n) is 1.37. The smallest absolute Gasteiger partial charge is 0.207 e. The summed E-state index contributed by atoms with van der Waals surface area (Å²) < 4.78 is 4.26. The van der Waals surface area contributed by atoms with E-state index < -0.39 is 0 Å². The largest absolute Gasteiger partial charge is 0.399 e. The van der Waals surface area contributed by atoms with Gasteiger partial charge in [0.2, 0.25) is 5.13 Å². The third-order valence-corrected chi connectivity index (χ3v) is 2.75. The van der Waals surface area contributed by atoms with Crippen molar-refractivity contribution in [3.8, 4) is 0 Å². The maximum absolute atomic E-state index is 5.69. The molecule has 84 valence electrons. The molecule has 1 aromatic carbocycles. The number of benzene rings is 1. The van der Waals surface area contributed by atoms with Gasteiger partial charge in [0, 0.05) is 29.3 Å². The Morgan fingerprint density at radius 1 is 1.44 bits per heavy atom. The highest BCUT2D eigenvalue weighted by molar-refractivity contribution is 7.09. The van der Waals surface area contributed by atoms with Gasteiger partial charge >= 0.3 is 0 Å². The molecule has 0 spiro atoms. The van der Waals surface area contributed by atoms with Crippen molar-refractivity contribution in [2.75, 3.05) is 11.1 Å². The minimum atomic E-state index is 0.739. The molecule has 2 aromatic rings. The Morgan fingerprint density at radius 2 is 2.31 bits per heavy atom. The highest BCUT2D eigenvalue weighted by Crippen LogP contribution is 2.20. The number of aromatic nitrogens is 2. The quantitative estimate of drug-likeness (QED) is 0.798. The summed E-state index contributed by atoms with van der Waals surface area (Å²) in [6.45, 7) is 2.12. The van der Waals surface area contributed by atoms with Gasteiger partial charge in [-0.25, -0.2) is 4.98 Å². The number of rotatable bonds is 4. The lowest BCUT2D eigenvalue weighted by Crippen LogP contribution is -1.92. The molecule has 0 aliphatic rings. The zero-order valence-electron chi connectivity index (χ0n) is 9.10. The van der Waals surface area contributed by atoms with Crippen LogP contribution in [0.2, 0.25) is 0 Å². The summed E-state index contributed by atoms with van der Waals surface area (Å²) in [5.74, 6) is 0.902. The molecule has 0 atom stereocenters. The SMILES string of the molecule is CCCc1nsc(Nc2cccc(N)c2)n1. The molecular formula is C11H14N4S. The van der Waals surface area contributed by atoms with Crippen molar-refractivity contribution in [2.24, 2.45) is 0 Å². The lowest BCUT2D eigenvalue weighted by molar-refractivity contribution is 0.862. The molecule has 0 aliphatic heterocycles. The van der Waals surface area contributed by atoms with Crippen LogP contribution in [0.4, 0.5) is 16.5 Å². The Balaban J connectivity index is 2.08. The number of aryl methyl sites for hydroxylation is 1. The average Bonchev–Trinajstić information content (AvgIpc) is 2.66. The third kappa shape index (κ3) is 2.70. The Kier molecular flexibility index (Phi) is 3.36. The van der Waals surface area contributed by atoms with Crippen molar-refractivity contribution >= 4 is 28.0 Å². The van der Waals surface area contributed by atoms with Crippen molar-refractivity contribution in [1.82, 2.24) is 9.36 Å². The van der Waals surface area contributed by atoms with Gasteiger partial charge in [-0.2, -0.15) is 4.37 Å². The lowest BCUT2D eigenvalue weighted by Gasteiger charge is -2.01. The van der Waals surface area contributed by atoms with Crippen LogP contribution in [-0.4, -0.2) is 9.36 Å². The van der Waals surface area contributed by atoms with E-state index in [1.54, 1.807) is 0 Å². The van der Waals surface area contributed by atoms with Gasteiger partial charge in [-0.15, -0.1) is 0 Å². The number of nitrogen functional groups attached to an aromatic ring is 1. The molecule has 0 aliphatic carbocycles. The predicted octanol–water partition coefficient (Wildman–Crippen LogP) is 2.82. The maximum atomic E-state index is 5.69. The van der Waals surface area contributed by atoms with Crippen molar-refractivity contribution in [3.63, 3.8) is 0 Å². The van der Waals surface area contributed by atoms with Crippen LogP contribution in [0.5, 0.6) is 0 Å². The van der Waals surface area contributed by atoms with Crippen LogP contribution < -0.4 is 11.1 Å². The molecule has 2 rings (SSSR count). The average molecular weight is 234 g/mol. The van der Waals surface area contributed by atoms with E-state index >= 15 is 0 Å². The number of hydrogen-bond acceptors (Lipinski definition) is 5. The second-order valence-electron chi connectivity index (χ2n) is 3.52. The van der Waals surface area contributed by atoms with Gasteiger partial charge in [0.15, 0.2) is 0 Å². The summed E-state index contributed by atoms with van der Waals surface area (Å²) in [6.07, 6.45) is 1.99. The van der Waals surface area contributed by atoms with E-state index in [0.29, 0.717) is 0 Å². The standard InChI is InChI=1S/C11H14N4S/c1-2-4-10-14-11(16-15-10)13-9-6-3-5-8(12)7-9/h3,5-7H,2,4,12H2,1H3,(H,13,14,15). The van der Waals surface area contributed by atoms with Crippen LogP contribution in [0.15, 0.2) is 24.3 Å². The van der Waals surface area contributed by atoms with Crippen LogP contribution in [0.1, 0.15) is 19.2 Å². The normalized spacial score (nSPS) is 10.3. The van der Waals surface area contributed by atoms with Gasteiger partial charge in [0.1, 0.15) is 5.82 Å². The predicted molar refractivity (Wildman–Crippen MR) is 68.0 cm³/mol. The molecular weight excluding hydrogens is 220 g/mol. The van der Waals surface area contributed by atoms with Crippen molar-refractivity contribution in [3.05, 3.63) is 30.1 Å². The summed E-state index contributed by atoms with van der Waals surface area (Å²) >= 11 is 1.38. The topological polar surface area (TPSA) is 63.8 Å². The van der Waals surface area contributed by atoms with Crippen molar-refractivity contribution < 1.29 is 0 Å². The Hall–Kier alpha value is -1.62. The minimum absolute atomic E-state index is 0.739. The number of nitrogens with two attached hydrogens (primary N) is 1. The van der Waals surface area contributed by atoms with Crippen molar-refractivity contribution in [2.45, 2.75) is 19.8 Å². The molecule has 16 heavy (non-hydrogen) atoms. The van der Waals surface area contributed by atoms with Gasteiger partial charge < -0.3 is 11.1 Å². The molecule has 0 bridgehead atoms. The Morgan fingerprint density at radius 3 is 3.06 bits per heavy atom. The second-order valence-corrected chi connectivity index (χ2v) is 4.27. The monoisotopic (exact) mass is 234 g/mol. The zero-order chi connectivity index (χ0) is 11.4. The molecule has 0 fully saturated rings. The van der Waals surface area contributed by atoms with E-state index in [1.165, 1.54) is 11.5 Å². The number of hydrogen-bond donors (Lipinski definition) is 2. The Labute approximate surface area is 98.7 Å². The first-order valence-electron chi connectivity index (χ1n) is 5.23. The molecule has 4 nitrogen and oxygen atoms in total. The Bertz CT molecular complexity index is 467. The number of nitrogens with zero attached hydrogens (tertiary/aromatic N) is 2. The summed E-state index contributed by atoms with van der Waals surface area (Å²) in [4.78, 5) is 4.38. The number of nitrogens with one attached hydrogen (secondary N) is 1. The van der Waals surface area contributed by atoms with Gasteiger partial charge in [-0.05, 0) is 24.6 Å². The molecule has 0 saturated carbocycles. The van der Waals surface area contributed by atoms with Gasteiger partial charge in [-0.3, -0.25) is 0 Å². The van der Waals surface area contributed by atoms with Gasteiger partial charge in [0.05, 0.1) is 0 Å². The van der Waals surface area contributed by atoms with Gasteiger partial charge in [0.25, 0.3) is 0 Å². The van der Waals surface area contributed by atoms with Crippen molar-refractivity contribution in [1.29, 1.82) is 0 Å². The van der Waals surface area contributed by atoms with Gasteiger partial charge in [-0.1, -0.05) is 13.0 Å². The molecule has 0 radical (unpaired) electrons. The molecule has 1 heterocycles. The van der Waals surface area contributed by atoms with Crippen LogP contribution >= 0.6 is 11.5 Å². The fourth-order valence-corrected chi connectivity index (χ4v) is 2.00. The van der Waals surface area contributed by atoms with Crippen LogP contribution in [-0.2, 0) is 6.42 Å². The molecule has 0 amide bonds. The second kappa shape index (κ2) is 4.94.